The van der Waals surface area contributed by atoms with Gasteiger partial charge in [-0.05, 0) is 58.9 Å². The standard InChI is InChI=1S/C26H55NO3Si/c1-7-8-9-10-11-12-13-14-15-16-17-18-19-20-21-23-26(2,3)27-24-22-25-31(28-4,29-5)30-6/h14-15,27H,7-13,16-25H2,1-6H3/b15-14-. The Kier molecular flexibility index (Phi) is 20.3. The van der Waals surface area contributed by atoms with Gasteiger partial charge in [0, 0.05) is 32.9 Å². The van der Waals surface area contributed by atoms with Crippen molar-refractivity contribution in [3.05, 3.63) is 12.2 Å². The Bertz CT molecular complexity index is 403. The lowest BCUT2D eigenvalue weighted by atomic mass is 9.96. The zero-order valence-corrected chi connectivity index (χ0v) is 22.9. The SMILES string of the molecule is CCCCCCCC/C=C\CCCCCCCC(C)(C)NCCC[Si](OC)(OC)OC. The molecule has 0 saturated carbocycles. The summed E-state index contributed by atoms with van der Waals surface area (Å²) in [6.07, 6.45) is 24.7. The fourth-order valence-corrected chi connectivity index (χ4v) is 5.74. The van der Waals surface area contributed by atoms with E-state index in [2.05, 4.69) is 38.2 Å². The second kappa shape index (κ2) is 20.4. The first-order valence-corrected chi connectivity index (χ1v) is 14.9. The highest BCUT2D eigenvalue weighted by Crippen LogP contribution is 2.18. The molecule has 186 valence electrons. The number of rotatable bonds is 23. The van der Waals surface area contributed by atoms with Crippen LogP contribution >= 0.6 is 0 Å². The predicted molar refractivity (Wildman–Crippen MR) is 138 cm³/mol. The molecule has 0 aliphatic carbocycles. The molecule has 0 fully saturated rings. The lowest BCUT2D eigenvalue weighted by Crippen LogP contribution is -2.44. The van der Waals surface area contributed by atoms with Crippen LogP contribution in [-0.4, -0.2) is 42.2 Å². The van der Waals surface area contributed by atoms with Gasteiger partial charge in [0.05, 0.1) is 0 Å². The fourth-order valence-electron chi connectivity index (χ4n) is 4.01. The maximum Gasteiger partial charge on any atom is 0.500 e. The van der Waals surface area contributed by atoms with Crippen LogP contribution in [0.3, 0.4) is 0 Å². The molecule has 0 atom stereocenters. The third kappa shape index (κ3) is 18.0. The van der Waals surface area contributed by atoms with Gasteiger partial charge in [-0.2, -0.15) is 0 Å². The van der Waals surface area contributed by atoms with Crippen LogP contribution in [0.1, 0.15) is 117 Å². The molecule has 0 spiro atoms. The van der Waals surface area contributed by atoms with Crippen molar-refractivity contribution in [3.8, 4) is 0 Å². The highest BCUT2D eigenvalue weighted by atomic mass is 28.4. The van der Waals surface area contributed by atoms with Gasteiger partial charge in [-0.1, -0.05) is 76.9 Å². The summed E-state index contributed by atoms with van der Waals surface area (Å²) in [7, 11) is 2.63. The van der Waals surface area contributed by atoms with E-state index < -0.39 is 8.80 Å². The van der Waals surface area contributed by atoms with Crippen LogP contribution in [-0.2, 0) is 13.3 Å². The van der Waals surface area contributed by atoms with Gasteiger partial charge in [0.2, 0.25) is 0 Å². The molecular weight excluding hydrogens is 402 g/mol. The van der Waals surface area contributed by atoms with Crippen LogP contribution in [0, 0.1) is 0 Å². The minimum absolute atomic E-state index is 0.191. The normalized spacial score (nSPS) is 12.8. The lowest BCUT2D eigenvalue weighted by molar-refractivity contribution is 0.122. The predicted octanol–water partition coefficient (Wildman–Crippen LogP) is 7.66. The topological polar surface area (TPSA) is 39.7 Å². The third-order valence-corrected chi connectivity index (χ3v) is 9.09. The molecule has 31 heavy (non-hydrogen) atoms. The summed E-state index contributed by atoms with van der Waals surface area (Å²) >= 11 is 0. The number of unbranched alkanes of at least 4 members (excludes halogenated alkanes) is 11. The molecule has 0 aliphatic rings. The molecular formula is C26H55NO3Si. The minimum Gasteiger partial charge on any atom is -0.377 e. The summed E-state index contributed by atoms with van der Waals surface area (Å²) in [6, 6.07) is 0.854. The molecule has 1 N–H and O–H groups in total. The average Bonchev–Trinajstić information content (AvgIpc) is 2.77. The highest BCUT2D eigenvalue weighted by Gasteiger charge is 2.36. The van der Waals surface area contributed by atoms with Crippen LogP contribution in [0.2, 0.25) is 6.04 Å². The molecule has 0 heterocycles. The van der Waals surface area contributed by atoms with Gasteiger partial charge >= 0.3 is 8.80 Å². The number of hydrogen-bond donors (Lipinski definition) is 1. The molecule has 0 aromatic rings. The number of allylic oxidation sites excluding steroid dienone is 2. The van der Waals surface area contributed by atoms with Crippen molar-refractivity contribution in [1.82, 2.24) is 5.32 Å². The molecule has 0 aromatic heterocycles. The van der Waals surface area contributed by atoms with E-state index in [0.717, 1.165) is 19.0 Å². The molecule has 0 aliphatic heterocycles. The Morgan fingerprint density at radius 2 is 1.16 bits per heavy atom. The van der Waals surface area contributed by atoms with E-state index in [0.29, 0.717) is 0 Å². The van der Waals surface area contributed by atoms with Gasteiger partial charge in [0.25, 0.3) is 0 Å². The molecule has 0 radical (unpaired) electrons. The summed E-state index contributed by atoms with van der Waals surface area (Å²) in [6.45, 7) is 7.89. The van der Waals surface area contributed by atoms with Crippen molar-refractivity contribution in [2.24, 2.45) is 0 Å². The van der Waals surface area contributed by atoms with Gasteiger partial charge < -0.3 is 18.6 Å². The second-order valence-corrected chi connectivity index (χ2v) is 12.6. The van der Waals surface area contributed by atoms with E-state index >= 15 is 0 Å². The van der Waals surface area contributed by atoms with Crippen LogP contribution in [0.4, 0.5) is 0 Å². The van der Waals surface area contributed by atoms with E-state index in [9.17, 15) is 0 Å². The lowest BCUT2D eigenvalue weighted by Gasteiger charge is -2.28. The van der Waals surface area contributed by atoms with Gasteiger partial charge in [-0.3, -0.25) is 0 Å². The Morgan fingerprint density at radius 1 is 0.677 bits per heavy atom. The van der Waals surface area contributed by atoms with Crippen LogP contribution in [0.15, 0.2) is 12.2 Å². The van der Waals surface area contributed by atoms with Crippen molar-refractivity contribution >= 4 is 8.80 Å². The first kappa shape index (κ1) is 30.8. The van der Waals surface area contributed by atoms with E-state index in [1.54, 1.807) is 21.3 Å². The third-order valence-electron chi connectivity index (χ3n) is 6.26. The molecule has 0 bridgehead atoms. The van der Waals surface area contributed by atoms with E-state index in [1.165, 1.54) is 89.9 Å². The maximum atomic E-state index is 5.49. The van der Waals surface area contributed by atoms with E-state index in [4.69, 9.17) is 13.3 Å². The average molecular weight is 458 g/mol. The van der Waals surface area contributed by atoms with Gasteiger partial charge in [-0.25, -0.2) is 0 Å². The summed E-state index contributed by atoms with van der Waals surface area (Å²) < 4.78 is 16.5. The van der Waals surface area contributed by atoms with Gasteiger partial charge in [0.15, 0.2) is 0 Å². The van der Waals surface area contributed by atoms with Crippen molar-refractivity contribution in [1.29, 1.82) is 0 Å². The Labute approximate surface area is 196 Å². The molecule has 4 nitrogen and oxygen atoms in total. The van der Waals surface area contributed by atoms with Gasteiger partial charge in [0.1, 0.15) is 0 Å². The highest BCUT2D eigenvalue weighted by molar-refractivity contribution is 6.60. The Hall–Kier alpha value is -0.203. The summed E-state index contributed by atoms with van der Waals surface area (Å²) in [5.74, 6) is 0. The van der Waals surface area contributed by atoms with Crippen LogP contribution in [0.5, 0.6) is 0 Å². The number of hydrogen-bond acceptors (Lipinski definition) is 4. The number of nitrogens with one attached hydrogen (secondary N) is 1. The molecule has 0 aromatic carbocycles. The molecule has 0 rings (SSSR count). The van der Waals surface area contributed by atoms with Crippen LogP contribution in [0.25, 0.3) is 0 Å². The van der Waals surface area contributed by atoms with Crippen molar-refractivity contribution in [2.45, 2.75) is 129 Å². The smallest absolute Gasteiger partial charge is 0.377 e. The quantitative estimate of drug-likeness (QED) is 0.0971. The fraction of sp³-hybridized carbons (Fsp3) is 0.923. The summed E-state index contributed by atoms with van der Waals surface area (Å²) in [5.41, 5.74) is 0.191. The van der Waals surface area contributed by atoms with Crippen LogP contribution < -0.4 is 5.32 Å². The van der Waals surface area contributed by atoms with Crippen molar-refractivity contribution in [2.75, 3.05) is 27.9 Å². The zero-order chi connectivity index (χ0) is 23.3. The summed E-state index contributed by atoms with van der Waals surface area (Å²) in [4.78, 5) is 0. The minimum atomic E-state index is -2.42. The van der Waals surface area contributed by atoms with Crippen molar-refractivity contribution < 1.29 is 13.3 Å². The van der Waals surface area contributed by atoms with Crippen molar-refractivity contribution in [3.63, 3.8) is 0 Å². The first-order valence-electron chi connectivity index (χ1n) is 13.0. The molecule has 0 amide bonds. The maximum absolute atomic E-state index is 5.49. The zero-order valence-electron chi connectivity index (χ0n) is 21.9. The van der Waals surface area contributed by atoms with E-state index in [1.807, 2.05) is 0 Å². The molecule has 0 unspecified atom stereocenters. The Balaban J connectivity index is 3.57. The van der Waals surface area contributed by atoms with Gasteiger partial charge in [-0.15, -0.1) is 0 Å². The Morgan fingerprint density at radius 3 is 1.68 bits per heavy atom. The monoisotopic (exact) mass is 457 g/mol. The molecule has 0 saturated heterocycles. The molecule has 5 heteroatoms. The summed E-state index contributed by atoms with van der Waals surface area (Å²) in [5, 5.41) is 3.70. The first-order chi connectivity index (χ1) is 14.9. The largest absolute Gasteiger partial charge is 0.500 e. The van der Waals surface area contributed by atoms with E-state index in [-0.39, 0.29) is 5.54 Å². The second-order valence-electron chi connectivity index (χ2n) is 9.54.